The summed E-state index contributed by atoms with van der Waals surface area (Å²) in [4.78, 5) is 19.1. The van der Waals surface area contributed by atoms with E-state index in [1.165, 1.54) is 0 Å². The molecule has 0 aliphatic carbocycles. The number of thioether (sulfide) groups is 2. The van der Waals surface area contributed by atoms with Gasteiger partial charge in [0.1, 0.15) is 5.82 Å². The lowest BCUT2D eigenvalue weighted by Crippen LogP contribution is -2.24. The van der Waals surface area contributed by atoms with Crippen LogP contribution in [0.15, 0.2) is 4.79 Å². The topological polar surface area (TPSA) is 66.0 Å². The van der Waals surface area contributed by atoms with Crippen LogP contribution in [0, 0.1) is 0 Å². The molecule has 1 fully saturated rings. The fourth-order valence-electron chi connectivity index (χ4n) is 2.27. The Labute approximate surface area is 121 Å². The van der Waals surface area contributed by atoms with E-state index in [1.54, 1.807) is 0 Å². The van der Waals surface area contributed by atoms with Crippen LogP contribution in [0.4, 0.5) is 0 Å². The fraction of sp³-hybridized carbons (Fsp3) is 0.692. The second kappa shape index (κ2) is 6.70. The molecule has 0 radical (unpaired) electrons. The average Bonchev–Trinajstić information content (AvgIpc) is 2.42. The number of rotatable bonds is 4. The van der Waals surface area contributed by atoms with Gasteiger partial charge in [0.05, 0.1) is 10.8 Å². The molecular weight excluding hydrogens is 280 g/mol. The highest BCUT2D eigenvalue weighted by atomic mass is 32.2. The summed E-state index contributed by atoms with van der Waals surface area (Å²) in [7, 11) is 0. The van der Waals surface area contributed by atoms with E-state index in [2.05, 4.69) is 16.9 Å². The van der Waals surface area contributed by atoms with E-state index in [4.69, 9.17) is 0 Å². The van der Waals surface area contributed by atoms with Crippen LogP contribution >= 0.6 is 23.5 Å². The van der Waals surface area contributed by atoms with Crippen molar-refractivity contribution in [1.82, 2.24) is 9.97 Å². The summed E-state index contributed by atoms with van der Waals surface area (Å²) in [5.41, 5.74) is 0.225. The largest absolute Gasteiger partial charge is 0.493 e. The quantitative estimate of drug-likeness (QED) is 0.895. The summed E-state index contributed by atoms with van der Waals surface area (Å²) >= 11 is 3.75. The molecule has 1 aliphatic rings. The molecule has 0 spiro atoms. The minimum atomic E-state index is -0.185. The Balaban J connectivity index is 2.32. The summed E-state index contributed by atoms with van der Waals surface area (Å²) < 4.78 is 0. The highest BCUT2D eigenvalue weighted by Crippen LogP contribution is 2.42. The van der Waals surface area contributed by atoms with E-state index < -0.39 is 0 Å². The number of hydrogen-bond acceptors (Lipinski definition) is 5. The molecule has 2 atom stereocenters. The Morgan fingerprint density at radius 1 is 1.37 bits per heavy atom. The van der Waals surface area contributed by atoms with Crippen LogP contribution < -0.4 is 5.56 Å². The Morgan fingerprint density at radius 3 is 2.74 bits per heavy atom. The summed E-state index contributed by atoms with van der Waals surface area (Å²) in [5, 5.41) is 10.6. The molecule has 0 bridgehead atoms. The molecule has 1 aromatic heterocycles. The summed E-state index contributed by atoms with van der Waals surface area (Å²) in [6, 6.07) is 0. The lowest BCUT2D eigenvalue weighted by molar-refractivity contribution is 0.438. The highest BCUT2D eigenvalue weighted by Gasteiger charge is 2.29. The fourth-order valence-corrected chi connectivity index (χ4v) is 5.28. The summed E-state index contributed by atoms with van der Waals surface area (Å²) in [5.74, 6) is 2.75. The molecule has 1 aromatic rings. The molecule has 0 aromatic carbocycles. The van der Waals surface area contributed by atoms with E-state index in [0.29, 0.717) is 23.1 Å². The molecule has 2 unspecified atom stereocenters. The highest BCUT2D eigenvalue weighted by molar-refractivity contribution is 8.06. The number of nitrogens with one attached hydrogen (secondary N) is 1. The molecule has 1 saturated heterocycles. The number of H-pyrrole nitrogens is 1. The Morgan fingerprint density at radius 2 is 2.11 bits per heavy atom. The van der Waals surface area contributed by atoms with Crippen molar-refractivity contribution in [3.05, 3.63) is 21.7 Å². The minimum Gasteiger partial charge on any atom is -0.493 e. The number of aromatic hydroxyl groups is 1. The van der Waals surface area contributed by atoms with Gasteiger partial charge < -0.3 is 10.1 Å². The van der Waals surface area contributed by atoms with Gasteiger partial charge in [-0.3, -0.25) is 4.79 Å². The molecule has 2 N–H and O–H groups in total. The van der Waals surface area contributed by atoms with Gasteiger partial charge in [-0.05, 0) is 12.8 Å². The van der Waals surface area contributed by atoms with Crippen LogP contribution in [0.1, 0.15) is 43.3 Å². The van der Waals surface area contributed by atoms with Crippen molar-refractivity contribution >= 4 is 23.5 Å². The molecule has 2 heterocycles. The molecule has 19 heavy (non-hydrogen) atoms. The smallest absolute Gasteiger partial charge is 0.257 e. The van der Waals surface area contributed by atoms with Crippen LogP contribution in [0.2, 0.25) is 0 Å². The third-order valence-electron chi connectivity index (χ3n) is 3.23. The van der Waals surface area contributed by atoms with Crippen molar-refractivity contribution < 1.29 is 5.11 Å². The van der Waals surface area contributed by atoms with Crippen molar-refractivity contribution in [3.63, 3.8) is 0 Å². The molecule has 6 heteroatoms. The lowest BCUT2D eigenvalue weighted by atomic mass is 10.2. The van der Waals surface area contributed by atoms with Crippen LogP contribution in [0.25, 0.3) is 0 Å². The van der Waals surface area contributed by atoms with Gasteiger partial charge in [-0.1, -0.05) is 20.3 Å². The maximum absolute atomic E-state index is 12.0. The van der Waals surface area contributed by atoms with Gasteiger partial charge >= 0.3 is 0 Å². The van der Waals surface area contributed by atoms with Gasteiger partial charge in [0.25, 0.3) is 5.56 Å². The molecule has 0 saturated carbocycles. The summed E-state index contributed by atoms with van der Waals surface area (Å²) in [6.07, 6.45) is 2.44. The summed E-state index contributed by atoms with van der Waals surface area (Å²) in [6.45, 7) is 4.13. The molecule has 0 amide bonds. The minimum absolute atomic E-state index is 0.0911. The number of aromatic amines is 1. The van der Waals surface area contributed by atoms with Gasteiger partial charge in [-0.25, -0.2) is 0 Å². The normalized spacial score (nSPS) is 23.5. The first-order valence-electron chi connectivity index (χ1n) is 6.72. The second-order valence-corrected chi connectivity index (χ2v) is 7.21. The number of nitrogens with zero attached hydrogens (tertiary/aromatic N) is 1. The van der Waals surface area contributed by atoms with Crippen LogP contribution in [-0.4, -0.2) is 31.8 Å². The zero-order valence-electron chi connectivity index (χ0n) is 11.3. The van der Waals surface area contributed by atoms with Crippen molar-refractivity contribution in [2.24, 2.45) is 0 Å². The molecule has 1 aliphatic heterocycles. The third kappa shape index (κ3) is 3.28. The van der Waals surface area contributed by atoms with Crippen molar-refractivity contribution in [2.75, 3.05) is 11.5 Å². The lowest BCUT2D eigenvalue weighted by Gasteiger charge is -2.29. The van der Waals surface area contributed by atoms with E-state index in [9.17, 15) is 9.90 Å². The van der Waals surface area contributed by atoms with Gasteiger partial charge in [-0.15, -0.1) is 11.8 Å². The zero-order chi connectivity index (χ0) is 13.8. The van der Waals surface area contributed by atoms with E-state index >= 15 is 0 Å². The maximum atomic E-state index is 12.0. The van der Waals surface area contributed by atoms with Crippen LogP contribution in [0.5, 0.6) is 5.88 Å². The predicted octanol–water partition coefficient (Wildman–Crippen LogP) is 2.73. The molecular formula is C13H20N2O2S2. The monoisotopic (exact) mass is 300 g/mol. The predicted molar refractivity (Wildman–Crippen MR) is 82.3 cm³/mol. The van der Waals surface area contributed by atoms with Gasteiger partial charge in [-0.2, -0.15) is 16.7 Å². The SMILES string of the molecule is CCCc1c(O)nc(C2SCCSC2CC)[nH]c1=O. The standard InChI is InChI=1S/C13H20N2O2S2/c1-3-5-8-12(16)14-11(15-13(8)17)10-9(4-2)18-6-7-19-10/h9-10H,3-7H2,1-2H3,(H2,14,15,16,17). The average molecular weight is 300 g/mol. The van der Waals surface area contributed by atoms with E-state index in [-0.39, 0.29) is 16.7 Å². The number of hydrogen-bond donors (Lipinski definition) is 2. The Hall–Kier alpha value is -0.620. The zero-order valence-corrected chi connectivity index (χ0v) is 12.9. The van der Waals surface area contributed by atoms with Crippen LogP contribution in [-0.2, 0) is 6.42 Å². The number of aromatic nitrogens is 2. The third-order valence-corrected chi connectivity index (χ3v) is 6.49. The molecule has 4 nitrogen and oxygen atoms in total. The molecule has 106 valence electrons. The molecule has 2 rings (SSSR count). The Kier molecular flexibility index (Phi) is 5.21. The van der Waals surface area contributed by atoms with Crippen molar-refractivity contribution in [3.8, 4) is 5.88 Å². The van der Waals surface area contributed by atoms with Crippen LogP contribution in [0.3, 0.4) is 0 Å². The second-order valence-electron chi connectivity index (χ2n) is 4.61. The van der Waals surface area contributed by atoms with Gasteiger partial charge in [0, 0.05) is 16.8 Å². The van der Waals surface area contributed by atoms with Crippen molar-refractivity contribution in [1.29, 1.82) is 0 Å². The van der Waals surface area contributed by atoms with Gasteiger partial charge in [0.2, 0.25) is 5.88 Å². The van der Waals surface area contributed by atoms with Gasteiger partial charge in [0.15, 0.2) is 0 Å². The van der Waals surface area contributed by atoms with E-state index in [0.717, 1.165) is 24.3 Å². The maximum Gasteiger partial charge on any atom is 0.257 e. The first kappa shape index (κ1) is 14.8. The van der Waals surface area contributed by atoms with E-state index in [1.807, 2.05) is 30.4 Å². The van der Waals surface area contributed by atoms with Crippen molar-refractivity contribution in [2.45, 2.75) is 43.6 Å². The first-order valence-corrected chi connectivity index (χ1v) is 8.82. The Bertz CT molecular complexity index is 490. The first-order chi connectivity index (χ1) is 9.17.